The molecule has 1 fully saturated rings. The molecule has 1 N–H and O–H groups in total. The van der Waals surface area contributed by atoms with E-state index in [2.05, 4.69) is 15.0 Å². The number of nitrogens with one attached hydrogen (secondary N) is 1. The summed E-state index contributed by atoms with van der Waals surface area (Å²) >= 11 is 0. The molecule has 1 heterocycles. The van der Waals surface area contributed by atoms with E-state index < -0.39 is 0 Å². The van der Waals surface area contributed by atoms with Crippen molar-refractivity contribution in [3.05, 3.63) is 0 Å². The quantitative estimate of drug-likeness (QED) is 0.660. The van der Waals surface area contributed by atoms with Gasteiger partial charge in [-0.15, -0.1) is 0 Å². The van der Waals surface area contributed by atoms with Gasteiger partial charge in [-0.25, -0.2) is 0 Å². The topological polar surface area (TPSA) is 41.6 Å². The standard InChI is InChI=1S/C10H20N2O2/c1-11-9-4-3-6-12(8-9)7-5-10(13)14-2/h9,11H,3-8H2,1-2H3. The van der Waals surface area contributed by atoms with Crippen molar-refractivity contribution in [2.24, 2.45) is 0 Å². The highest BCUT2D eigenvalue weighted by Gasteiger charge is 2.18. The maximum absolute atomic E-state index is 10.9. The molecule has 1 saturated heterocycles. The van der Waals surface area contributed by atoms with Crippen molar-refractivity contribution in [1.29, 1.82) is 0 Å². The first-order valence-electron chi connectivity index (χ1n) is 5.22. The van der Waals surface area contributed by atoms with Gasteiger partial charge in [-0.1, -0.05) is 0 Å². The van der Waals surface area contributed by atoms with E-state index in [1.54, 1.807) is 0 Å². The Labute approximate surface area is 85.6 Å². The van der Waals surface area contributed by atoms with Gasteiger partial charge in [0.1, 0.15) is 0 Å². The van der Waals surface area contributed by atoms with Crippen LogP contribution in [0, 0.1) is 0 Å². The number of hydrogen-bond donors (Lipinski definition) is 1. The number of piperidine rings is 1. The number of likely N-dealkylation sites (N-methyl/N-ethyl adjacent to an activating group) is 1. The molecule has 0 aromatic carbocycles. The van der Waals surface area contributed by atoms with Crippen LogP contribution < -0.4 is 5.32 Å². The van der Waals surface area contributed by atoms with Crippen molar-refractivity contribution in [3.63, 3.8) is 0 Å². The lowest BCUT2D eigenvalue weighted by molar-refractivity contribution is -0.141. The van der Waals surface area contributed by atoms with Crippen LogP contribution in [0.3, 0.4) is 0 Å². The third kappa shape index (κ3) is 3.64. The molecule has 0 aromatic heterocycles. The van der Waals surface area contributed by atoms with Gasteiger partial charge in [0.05, 0.1) is 13.5 Å². The second-order valence-electron chi connectivity index (χ2n) is 3.75. The second kappa shape index (κ2) is 5.98. The monoisotopic (exact) mass is 200 g/mol. The first-order chi connectivity index (χ1) is 6.76. The summed E-state index contributed by atoms with van der Waals surface area (Å²) in [6, 6.07) is 0.585. The largest absolute Gasteiger partial charge is 0.469 e. The lowest BCUT2D eigenvalue weighted by atomic mass is 10.1. The molecule has 0 spiro atoms. The maximum atomic E-state index is 10.9. The van der Waals surface area contributed by atoms with Crippen LogP contribution in [0.5, 0.6) is 0 Å². The van der Waals surface area contributed by atoms with Crippen LogP contribution in [0.25, 0.3) is 0 Å². The first kappa shape index (κ1) is 11.5. The molecule has 82 valence electrons. The Morgan fingerprint density at radius 2 is 2.43 bits per heavy atom. The summed E-state index contributed by atoms with van der Waals surface area (Å²) in [5.41, 5.74) is 0. The molecule has 0 amide bonds. The Bertz CT molecular complexity index is 185. The first-order valence-corrected chi connectivity index (χ1v) is 5.22. The summed E-state index contributed by atoms with van der Waals surface area (Å²) in [4.78, 5) is 13.3. The molecule has 4 nitrogen and oxygen atoms in total. The molecule has 1 rings (SSSR count). The number of nitrogens with zero attached hydrogens (tertiary/aromatic N) is 1. The van der Waals surface area contributed by atoms with E-state index in [9.17, 15) is 4.79 Å². The lowest BCUT2D eigenvalue weighted by Crippen LogP contribution is -2.44. The van der Waals surface area contributed by atoms with E-state index in [-0.39, 0.29) is 5.97 Å². The van der Waals surface area contributed by atoms with Gasteiger partial charge in [0.2, 0.25) is 0 Å². The summed E-state index contributed by atoms with van der Waals surface area (Å²) in [6.07, 6.45) is 2.96. The molecule has 1 unspecified atom stereocenters. The molecular formula is C10H20N2O2. The molecule has 0 radical (unpaired) electrons. The van der Waals surface area contributed by atoms with Crippen molar-refractivity contribution in [2.45, 2.75) is 25.3 Å². The average Bonchev–Trinajstić information content (AvgIpc) is 2.26. The van der Waals surface area contributed by atoms with Crippen LogP contribution in [0.15, 0.2) is 0 Å². The van der Waals surface area contributed by atoms with Gasteiger partial charge < -0.3 is 15.0 Å². The number of hydrogen-bond acceptors (Lipinski definition) is 4. The van der Waals surface area contributed by atoms with Gasteiger partial charge in [-0.2, -0.15) is 0 Å². The molecule has 1 aliphatic rings. The summed E-state index contributed by atoms with van der Waals surface area (Å²) in [7, 11) is 3.43. The van der Waals surface area contributed by atoms with Gasteiger partial charge in [-0.3, -0.25) is 4.79 Å². The molecular weight excluding hydrogens is 180 g/mol. The van der Waals surface area contributed by atoms with Gasteiger partial charge in [-0.05, 0) is 26.4 Å². The maximum Gasteiger partial charge on any atom is 0.306 e. The minimum atomic E-state index is -0.114. The van der Waals surface area contributed by atoms with Crippen molar-refractivity contribution >= 4 is 5.97 Å². The van der Waals surface area contributed by atoms with Crippen LogP contribution in [0.4, 0.5) is 0 Å². The van der Waals surface area contributed by atoms with Crippen molar-refractivity contribution in [2.75, 3.05) is 33.8 Å². The number of ether oxygens (including phenoxy) is 1. The molecule has 0 aromatic rings. The molecule has 14 heavy (non-hydrogen) atoms. The molecule has 1 aliphatic heterocycles. The van der Waals surface area contributed by atoms with Gasteiger partial charge >= 0.3 is 5.97 Å². The van der Waals surface area contributed by atoms with E-state index in [4.69, 9.17) is 0 Å². The summed E-state index contributed by atoms with van der Waals surface area (Å²) < 4.78 is 4.61. The highest BCUT2D eigenvalue weighted by Crippen LogP contribution is 2.09. The van der Waals surface area contributed by atoms with E-state index >= 15 is 0 Å². The zero-order valence-electron chi connectivity index (χ0n) is 9.08. The van der Waals surface area contributed by atoms with Gasteiger partial charge in [0, 0.05) is 19.1 Å². The fourth-order valence-corrected chi connectivity index (χ4v) is 1.85. The summed E-state index contributed by atoms with van der Waals surface area (Å²) in [6.45, 7) is 2.98. The predicted octanol–water partition coefficient (Wildman–Crippen LogP) is 0.233. The SMILES string of the molecule is CNC1CCCN(CCC(=O)OC)C1. The average molecular weight is 200 g/mol. The van der Waals surface area contributed by atoms with Gasteiger partial charge in [0.15, 0.2) is 0 Å². The van der Waals surface area contributed by atoms with E-state index in [0.29, 0.717) is 12.5 Å². The molecule has 4 heteroatoms. The number of likely N-dealkylation sites (tertiary alicyclic amines) is 1. The number of esters is 1. The van der Waals surface area contributed by atoms with Crippen LogP contribution in [0.1, 0.15) is 19.3 Å². The third-order valence-corrected chi connectivity index (χ3v) is 2.77. The highest BCUT2D eigenvalue weighted by atomic mass is 16.5. The highest BCUT2D eigenvalue weighted by molar-refractivity contribution is 5.69. The molecule has 1 atom stereocenters. The smallest absolute Gasteiger partial charge is 0.306 e. The fraction of sp³-hybridized carbons (Fsp3) is 0.900. The predicted molar refractivity (Wildman–Crippen MR) is 55.2 cm³/mol. The Morgan fingerprint density at radius 1 is 1.64 bits per heavy atom. The van der Waals surface area contributed by atoms with Crippen molar-refractivity contribution < 1.29 is 9.53 Å². The molecule has 0 aliphatic carbocycles. The van der Waals surface area contributed by atoms with E-state index in [1.165, 1.54) is 20.0 Å². The third-order valence-electron chi connectivity index (χ3n) is 2.77. The van der Waals surface area contributed by atoms with Crippen molar-refractivity contribution in [1.82, 2.24) is 10.2 Å². The zero-order valence-corrected chi connectivity index (χ0v) is 9.08. The van der Waals surface area contributed by atoms with Crippen LogP contribution in [-0.4, -0.2) is 50.7 Å². The van der Waals surface area contributed by atoms with Crippen molar-refractivity contribution in [3.8, 4) is 0 Å². The second-order valence-corrected chi connectivity index (χ2v) is 3.75. The molecule has 0 saturated carbocycles. The molecule has 0 bridgehead atoms. The Kier molecular flexibility index (Phi) is 4.90. The number of carbonyl (C=O) groups is 1. The summed E-state index contributed by atoms with van der Waals surface area (Å²) in [5.74, 6) is -0.114. The summed E-state index contributed by atoms with van der Waals surface area (Å²) in [5, 5.41) is 3.28. The lowest BCUT2D eigenvalue weighted by Gasteiger charge is -2.32. The van der Waals surface area contributed by atoms with Crippen LogP contribution >= 0.6 is 0 Å². The number of carbonyl (C=O) groups excluding carboxylic acids is 1. The van der Waals surface area contributed by atoms with Crippen LogP contribution in [0.2, 0.25) is 0 Å². The fourth-order valence-electron chi connectivity index (χ4n) is 1.85. The van der Waals surface area contributed by atoms with Gasteiger partial charge in [0.25, 0.3) is 0 Å². The zero-order chi connectivity index (χ0) is 10.4. The van der Waals surface area contributed by atoms with Crippen LogP contribution in [-0.2, 0) is 9.53 Å². The minimum absolute atomic E-state index is 0.114. The minimum Gasteiger partial charge on any atom is -0.469 e. The Balaban J connectivity index is 2.20. The number of methoxy groups -OCH3 is 1. The Morgan fingerprint density at radius 3 is 3.07 bits per heavy atom. The Hall–Kier alpha value is -0.610. The van der Waals surface area contributed by atoms with E-state index in [1.807, 2.05) is 7.05 Å². The number of rotatable bonds is 4. The normalized spacial score (nSPS) is 23.4. The van der Waals surface area contributed by atoms with E-state index in [0.717, 1.165) is 19.6 Å².